The van der Waals surface area contributed by atoms with E-state index in [1.54, 1.807) is 37.3 Å². The molecule has 0 aliphatic carbocycles. The van der Waals surface area contributed by atoms with Crippen molar-refractivity contribution in [2.45, 2.75) is 18.4 Å². The average Bonchev–Trinajstić information content (AvgIpc) is 2.63. The molecule has 0 unspecified atom stereocenters. The van der Waals surface area contributed by atoms with Crippen LogP contribution in [0.25, 0.3) is 0 Å². The van der Waals surface area contributed by atoms with Gasteiger partial charge in [0.2, 0.25) is 0 Å². The van der Waals surface area contributed by atoms with Crippen LogP contribution >= 0.6 is 11.6 Å². The Morgan fingerprint density at radius 1 is 0.963 bits per heavy atom. The number of aryl methyl sites for hydroxylation is 1. The minimum Gasteiger partial charge on any atom is -0.262 e. The molecule has 0 aliphatic heterocycles. The van der Waals surface area contributed by atoms with Gasteiger partial charge >= 0.3 is 0 Å². The first-order valence-corrected chi connectivity index (χ1v) is 9.88. The molecule has 0 heterocycles. The van der Waals surface area contributed by atoms with E-state index in [-0.39, 0.29) is 11.4 Å². The summed E-state index contributed by atoms with van der Waals surface area (Å²) < 4.78 is 55.0. The van der Waals surface area contributed by atoms with Gasteiger partial charge in [-0.3, -0.25) is 4.31 Å². The van der Waals surface area contributed by atoms with Gasteiger partial charge in [-0.2, -0.15) is 0 Å². The molecule has 0 spiro atoms. The van der Waals surface area contributed by atoms with Crippen LogP contribution in [-0.4, -0.2) is 8.42 Å². The monoisotopic (exact) mass is 407 g/mol. The molecule has 3 nitrogen and oxygen atoms in total. The molecule has 0 atom stereocenters. The molecule has 27 heavy (non-hydrogen) atoms. The third-order valence-electron chi connectivity index (χ3n) is 4.06. The van der Waals surface area contributed by atoms with Crippen molar-refractivity contribution in [2.24, 2.45) is 0 Å². The van der Waals surface area contributed by atoms with Crippen LogP contribution < -0.4 is 4.31 Å². The molecule has 0 aromatic heterocycles. The Balaban J connectivity index is 2.10. The molecule has 0 saturated carbocycles. The maximum atomic E-state index is 14.0. The van der Waals surface area contributed by atoms with E-state index in [0.29, 0.717) is 21.8 Å². The molecule has 0 aliphatic rings. The van der Waals surface area contributed by atoms with Crippen molar-refractivity contribution in [2.75, 3.05) is 4.31 Å². The van der Waals surface area contributed by atoms with Crippen molar-refractivity contribution in [1.82, 2.24) is 0 Å². The number of benzene rings is 3. The first kappa shape index (κ1) is 19.3. The number of halogens is 3. The molecule has 0 fully saturated rings. The number of hydrogen-bond acceptors (Lipinski definition) is 2. The Labute approximate surface area is 161 Å². The van der Waals surface area contributed by atoms with E-state index in [0.717, 1.165) is 10.4 Å². The van der Waals surface area contributed by atoms with E-state index in [4.69, 9.17) is 11.6 Å². The molecule has 0 radical (unpaired) electrons. The molecule has 0 amide bonds. The molecule has 3 rings (SSSR count). The summed E-state index contributed by atoms with van der Waals surface area (Å²) >= 11 is 5.90. The zero-order valence-electron chi connectivity index (χ0n) is 14.4. The molecule has 0 bridgehead atoms. The Morgan fingerprint density at radius 3 is 2.30 bits per heavy atom. The third-order valence-corrected chi connectivity index (χ3v) is 6.08. The van der Waals surface area contributed by atoms with Gasteiger partial charge in [0.15, 0.2) is 0 Å². The van der Waals surface area contributed by atoms with Gasteiger partial charge in [-0.05, 0) is 66.6 Å². The lowest BCUT2D eigenvalue weighted by Crippen LogP contribution is -2.30. The highest BCUT2D eigenvalue weighted by atomic mass is 35.5. The van der Waals surface area contributed by atoms with Gasteiger partial charge in [-0.15, -0.1) is 0 Å². The fraction of sp³-hybridized carbons (Fsp3) is 0.100. The van der Waals surface area contributed by atoms with Gasteiger partial charge in [0.1, 0.15) is 11.6 Å². The van der Waals surface area contributed by atoms with Crippen LogP contribution in [0, 0.1) is 18.6 Å². The Morgan fingerprint density at radius 2 is 1.67 bits per heavy atom. The summed E-state index contributed by atoms with van der Waals surface area (Å²) in [6.07, 6.45) is 0. The van der Waals surface area contributed by atoms with Crippen LogP contribution in [0.2, 0.25) is 5.02 Å². The quantitative estimate of drug-likeness (QED) is 0.573. The molecule has 3 aromatic carbocycles. The minimum absolute atomic E-state index is 0.114. The SMILES string of the molecule is Cc1ccc(S(=O)(=O)N(Cc2cccc(F)c2)c2ccc(Cl)cc2)cc1F. The summed E-state index contributed by atoms with van der Waals surface area (Å²) in [7, 11) is -4.09. The second-order valence-electron chi connectivity index (χ2n) is 6.03. The standard InChI is InChI=1S/C20H16ClF2NO2S/c1-14-5-10-19(12-20(14)23)27(25,26)24(18-8-6-16(21)7-9-18)13-15-3-2-4-17(22)11-15/h2-12H,13H2,1H3. The van der Waals surface area contributed by atoms with E-state index in [2.05, 4.69) is 0 Å². The molecule has 0 N–H and O–H groups in total. The van der Waals surface area contributed by atoms with Gasteiger partial charge in [0.25, 0.3) is 10.0 Å². The summed E-state index contributed by atoms with van der Waals surface area (Å²) in [5.74, 6) is -1.08. The Bertz CT molecular complexity index is 1070. The minimum atomic E-state index is -4.09. The zero-order chi connectivity index (χ0) is 19.6. The highest BCUT2D eigenvalue weighted by Crippen LogP contribution is 2.28. The summed E-state index contributed by atoms with van der Waals surface area (Å²) in [5.41, 5.74) is 1.14. The molecular formula is C20H16ClF2NO2S. The lowest BCUT2D eigenvalue weighted by molar-refractivity contribution is 0.584. The lowest BCUT2D eigenvalue weighted by atomic mass is 10.2. The predicted molar refractivity (Wildman–Crippen MR) is 102 cm³/mol. The van der Waals surface area contributed by atoms with Gasteiger partial charge in [-0.1, -0.05) is 29.8 Å². The highest BCUT2D eigenvalue weighted by molar-refractivity contribution is 7.92. The second-order valence-corrected chi connectivity index (χ2v) is 8.33. The maximum absolute atomic E-state index is 14.0. The largest absolute Gasteiger partial charge is 0.264 e. The normalized spacial score (nSPS) is 11.4. The highest BCUT2D eigenvalue weighted by Gasteiger charge is 2.26. The van der Waals surface area contributed by atoms with Crippen LogP contribution in [0.3, 0.4) is 0 Å². The van der Waals surface area contributed by atoms with E-state index < -0.39 is 21.7 Å². The first-order valence-electron chi connectivity index (χ1n) is 8.06. The second kappa shape index (κ2) is 7.66. The molecule has 140 valence electrons. The maximum Gasteiger partial charge on any atom is 0.264 e. The van der Waals surface area contributed by atoms with Crippen molar-refractivity contribution >= 4 is 27.3 Å². The topological polar surface area (TPSA) is 37.4 Å². The lowest BCUT2D eigenvalue weighted by Gasteiger charge is -2.25. The van der Waals surface area contributed by atoms with Crippen molar-refractivity contribution in [3.63, 3.8) is 0 Å². The number of hydrogen-bond donors (Lipinski definition) is 0. The fourth-order valence-corrected chi connectivity index (χ4v) is 4.18. The van der Waals surface area contributed by atoms with Crippen LogP contribution in [0.15, 0.2) is 71.6 Å². The van der Waals surface area contributed by atoms with Crippen molar-refractivity contribution in [3.8, 4) is 0 Å². The van der Waals surface area contributed by atoms with Gasteiger partial charge in [0, 0.05) is 5.02 Å². The molecular weight excluding hydrogens is 392 g/mol. The number of sulfonamides is 1. The fourth-order valence-electron chi connectivity index (χ4n) is 2.58. The van der Waals surface area contributed by atoms with Gasteiger partial charge < -0.3 is 0 Å². The van der Waals surface area contributed by atoms with E-state index >= 15 is 0 Å². The van der Waals surface area contributed by atoms with E-state index in [1.165, 1.54) is 30.3 Å². The smallest absolute Gasteiger partial charge is 0.262 e. The average molecular weight is 408 g/mol. The number of rotatable bonds is 5. The molecule has 0 saturated heterocycles. The van der Waals surface area contributed by atoms with Crippen LogP contribution in [0.4, 0.5) is 14.5 Å². The predicted octanol–water partition coefficient (Wildman–Crippen LogP) is 5.32. The number of nitrogens with zero attached hydrogens (tertiary/aromatic N) is 1. The van der Waals surface area contributed by atoms with Crippen LogP contribution in [0.1, 0.15) is 11.1 Å². The van der Waals surface area contributed by atoms with Crippen molar-refractivity contribution in [1.29, 1.82) is 0 Å². The summed E-state index contributed by atoms with van der Waals surface area (Å²) in [4.78, 5) is -0.183. The third kappa shape index (κ3) is 4.28. The van der Waals surface area contributed by atoms with E-state index in [1.807, 2.05) is 0 Å². The van der Waals surface area contributed by atoms with Gasteiger partial charge in [-0.25, -0.2) is 17.2 Å². The summed E-state index contributed by atoms with van der Waals surface area (Å²) in [6, 6.07) is 15.6. The molecule has 7 heteroatoms. The van der Waals surface area contributed by atoms with Crippen LogP contribution in [-0.2, 0) is 16.6 Å². The molecule has 3 aromatic rings. The summed E-state index contributed by atoms with van der Waals surface area (Å²) in [6.45, 7) is 1.44. The van der Waals surface area contributed by atoms with Crippen molar-refractivity contribution in [3.05, 3.63) is 94.5 Å². The Kier molecular flexibility index (Phi) is 5.48. The van der Waals surface area contributed by atoms with Gasteiger partial charge in [0.05, 0.1) is 17.1 Å². The first-order chi connectivity index (χ1) is 12.8. The van der Waals surface area contributed by atoms with E-state index in [9.17, 15) is 17.2 Å². The Hall–Kier alpha value is -2.44. The summed E-state index contributed by atoms with van der Waals surface area (Å²) in [5, 5.41) is 0.447. The zero-order valence-corrected chi connectivity index (χ0v) is 15.9. The number of anilines is 1. The van der Waals surface area contributed by atoms with Crippen molar-refractivity contribution < 1.29 is 17.2 Å². The van der Waals surface area contributed by atoms with Crippen LogP contribution in [0.5, 0.6) is 0 Å².